The minimum absolute atomic E-state index is 0.172. The third-order valence-electron chi connectivity index (χ3n) is 3.76. The first-order chi connectivity index (χ1) is 7.51. The van der Waals surface area contributed by atoms with E-state index in [1.807, 2.05) is 13.0 Å². The maximum absolute atomic E-state index is 13.1. The van der Waals surface area contributed by atoms with Gasteiger partial charge in [0.25, 0.3) is 0 Å². The van der Waals surface area contributed by atoms with Crippen LogP contribution < -0.4 is 5.73 Å². The second-order valence-corrected chi connectivity index (χ2v) is 5.32. The van der Waals surface area contributed by atoms with Crippen LogP contribution in [0, 0.1) is 18.7 Å². The Bertz CT molecular complexity index is 388. The molecular weight excluding hydrogens is 201 g/mol. The van der Waals surface area contributed by atoms with Crippen LogP contribution >= 0.6 is 0 Å². The van der Waals surface area contributed by atoms with Gasteiger partial charge in [0.2, 0.25) is 0 Å². The lowest BCUT2D eigenvalue weighted by molar-refractivity contribution is 0.238. The molecule has 16 heavy (non-hydrogen) atoms. The SMILES string of the molecule is Cc1cc(F)ccc1C1(N)CCCC(C)C1. The van der Waals surface area contributed by atoms with Gasteiger partial charge in [0, 0.05) is 5.54 Å². The number of halogens is 1. The number of aryl methyl sites for hydroxylation is 1. The van der Waals surface area contributed by atoms with E-state index in [0.29, 0.717) is 5.92 Å². The van der Waals surface area contributed by atoms with Gasteiger partial charge in [-0.25, -0.2) is 4.39 Å². The molecule has 1 aromatic carbocycles. The summed E-state index contributed by atoms with van der Waals surface area (Å²) in [6, 6.07) is 4.97. The highest BCUT2D eigenvalue weighted by molar-refractivity contribution is 5.33. The van der Waals surface area contributed by atoms with Crippen LogP contribution in [0.4, 0.5) is 4.39 Å². The van der Waals surface area contributed by atoms with Gasteiger partial charge in [0.05, 0.1) is 0 Å². The summed E-state index contributed by atoms with van der Waals surface area (Å²) in [5.74, 6) is 0.497. The van der Waals surface area contributed by atoms with Gasteiger partial charge in [0.1, 0.15) is 5.82 Å². The average molecular weight is 221 g/mol. The molecule has 0 amide bonds. The summed E-state index contributed by atoms with van der Waals surface area (Å²) in [7, 11) is 0. The first-order valence-electron chi connectivity index (χ1n) is 6.07. The lowest BCUT2D eigenvalue weighted by Crippen LogP contribution is -2.41. The van der Waals surface area contributed by atoms with Crippen molar-refractivity contribution in [3.05, 3.63) is 35.1 Å². The third-order valence-corrected chi connectivity index (χ3v) is 3.76. The zero-order valence-corrected chi connectivity index (χ0v) is 10.1. The van der Waals surface area contributed by atoms with Gasteiger partial charge in [-0.3, -0.25) is 0 Å². The van der Waals surface area contributed by atoms with Gasteiger partial charge >= 0.3 is 0 Å². The molecule has 0 saturated heterocycles. The van der Waals surface area contributed by atoms with E-state index in [1.54, 1.807) is 6.07 Å². The van der Waals surface area contributed by atoms with Crippen molar-refractivity contribution in [2.24, 2.45) is 11.7 Å². The molecule has 0 radical (unpaired) electrons. The molecule has 0 aliphatic heterocycles. The highest BCUT2D eigenvalue weighted by Gasteiger charge is 2.33. The standard InChI is InChI=1S/C14H20FN/c1-10-4-3-7-14(16,9-10)13-6-5-12(15)8-11(13)2/h5-6,8,10H,3-4,7,9,16H2,1-2H3. The van der Waals surface area contributed by atoms with E-state index in [0.717, 1.165) is 24.0 Å². The number of nitrogens with two attached hydrogens (primary N) is 1. The van der Waals surface area contributed by atoms with E-state index in [1.165, 1.54) is 18.9 Å². The normalized spacial score (nSPS) is 30.4. The van der Waals surface area contributed by atoms with Crippen molar-refractivity contribution in [1.82, 2.24) is 0 Å². The van der Waals surface area contributed by atoms with Gasteiger partial charge in [0.15, 0.2) is 0 Å². The van der Waals surface area contributed by atoms with E-state index < -0.39 is 0 Å². The Morgan fingerprint density at radius 3 is 2.81 bits per heavy atom. The monoisotopic (exact) mass is 221 g/mol. The van der Waals surface area contributed by atoms with Crippen molar-refractivity contribution >= 4 is 0 Å². The van der Waals surface area contributed by atoms with Gasteiger partial charge in [-0.15, -0.1) is 0 Å². The van der Waals surface area contributed by atoms with E-state index >= 15 is 0 Å². The molecule has 2 rings (SSSR count). The van der Waals surface area contributed by atoms with Crippen molar-refractivity contribution in [3.8, 4) is 0 Å². The Balaban J connectivity index is 2.34. The molecule has 88 valence electrons. The van der Waals surface area contributed by atoms with E-state index in [2.05, 4.69) is 6.92 Å². The Morgan fingerprint density at radius 1 is 1.44 bits per heavy atom. The minimum Gasteiger partial charge on any atom is -0.321 e. The first kappa shape index (κ1) is 11.6. The van der Waals surface area contributed by atoms with Gasteiger partial charge < -0.3 is 5.73 Å². The van der Waals surface area contributed by atoms with Crippen molar-refractivity contribution in [1.29, 1.82) is 0 Å². The quantitative estimate of drug-likeness (QED) is 0.771. The summed E-state index contributed by atoms with van der Waals surface area (Å²) in [6.45, 7) is 4.20. The summed E-state index contributed by atoms with van der Waals surface area (Å²) in [5.41, 5.74) is 8.37. The largest absolute Gasteiger partial charge is 0.321 e. The molecule has 2 unspecified atom stereocenters. The molecule has 1 aliphatic rings. The molecule has 0 aromatic heterocycles. The van der Waals surface area contributed by atoms with E-state index in [4.69, 9.17) is 5.73 Å². The van der Waals surface area contributed by atoms with Crippen LogP contribution in [0.1, 0.15) is 43.7 Å². The smallest absolute Gasteiger partial charge is 0.123 e. The van der Waals surface area contributed by atoms with Crippen LogP contribution in [0.2, 0.25) is 0 Å². The maximum Gasteiger partial charge on any atom is 0.123 e. The fourth-order valence-electron chi connectivity index (χ4n) is 3.02. The van der Waals surface area contributed by atoms with Crippen molar-refractivity contribution in [2.75, 3.05) is 0 Å². The van der Waals surface area contributed by atoms with Crippen LogP contribution in [-0.4, -0.2) is 0 Å². The molecule has 0 spiro atoms. The van der Waals surface area contributed by atoms with Crippen LogP contribution in [0.15, 0.2) is 18.2 Å². The van der Waals surface area contributed by atoms with Crippen LogP contribution in [-0.2, 0) is 5.54 Å². The summed E-state index contributed by atoms with van der Waals surface area (Å²) in [5, 5.41) is 0. The Morgan fingerprint density at radius 2 is 2.19 bits per heavy atom. The van der Waals surface area contributed by atoms with Crippen LogP contribution in [0.3, 0.4) is 0 Å². The highest BCUT2D eigenvalue weighted by atomic mass is 19.1. The molecule has 1 nitrogen and oxygen atoms in total. The van der Waals surface area contributed by atoms with E-state index in [-0.39, 0.29) is 11.4 Å². The Labute approximate surface area is 96.9 Å². The summed E-state index contributed by atoms with van der Waals surface area (Å²) in [4.78, 5) is 0. The van der Waals surface area contributed by atoms with Crippen molar-refractivity contribution in [3.63, 3.8) is 0 Å². The predicted octanol–water partition coefficient (Wildman–Crippen LogP) is 3.50. The first-order valence-corrected chi connectivity index (χ1v) is 6.07. The van der Waals surface area contributed by atoms with Gasteiger partial charge in [-0.05, 0) is 48.9 Å². The van der Waals surface area contributed by atoms with Gasteiger partial charge in [-0.1, -0.05) is 25.8 Å². The molecule has 0 bridgehead atoms. The molecule has 1 saturated carbocycles. The summed E-state index contributed by atoms with van der Waals surface area (Å²) in [6.07, 6.45) is 4.47. The lowest BCUT2D eigenvalue weighted by Gasteiger charge is -2.38. The van der Waals surface area contributed by atoms with Gasteiger partial charge in [-0.2, -0.15) is 0 Å². The van der Waals surface area contributed by atoms with Crippen LogP contribution in [0.25, 0.3) is 0 Å². The number of benzene rings is 1. The fraction of sp³-hybridized carbons (Fsp3) is 0.571. The van der Waals surface area contributed by atoms with Crippen molar-refractivity contribution in [2.45, 2.75) is 45.1 Å². The predicted molar refractivity (Wildman–Crippen MR) is 64.6 cm³/mol. The number of hydrogen-bond acceptors (Lipinski definition) is 1. The topological polar surface area (TPSA) is 26.0 Å². The van der Waals surface area contributed by atoms with Crippen LogP contribution in [0.5, 0.6) is 0 Å². The number of rotatable bonds is 1. The molecule has 1 aromatic rings. The maximum atomic E-state index is 13.1. The summed E-state index contributed by atoms with van der Waals surface area (Å²) >= 11 is 0. The average Bonchev–Trinajstić information content (AvgIpc) is 2.16. The lowest BCUT2D eigenvalue weighted by atomic mass is 9.72. The summed E-state index contributed by atoms with van der Waals surface area (Å²) < 4.78 is 13.1. The number of hydrogen-bond donors (Lipinski definition) is 1. The van der Waals surface area contributed by atoms with Crippen molar-refractivity contribution < 1.29 is 4.39 Å². The zero-order chi connectivity index (χ0) is 11.8. The second-order valence-electron chi connectivity index (χ2n) is 5.32. The molecule has 2 atom stereocenters. The van der Waals surface area contributed by atoms with E-state index in [9.17, 15) is 4.39 Å². The molecule has 1 fully saturated rings. The minimum atomic E-state index is -0.241. The highest BCUT2D eigenvalue weighted by Crippen LogP contribution is 2.39. The Hall–Kier alpha value is -0.890. The molecule has 2 N–H and O–H groups in total. The molecule has 1 aliphatic carbocycles. The molecule has 2 heteroatoms. The molecular formula is C14H20FN. The Kier molecular flexibility index (Phi) is 3.02. The fourth-order valence-corrected chi connectivity index (χ4v) is 3.02. The second kappa shape index (κ2) is 4.17. The zero-order valence-electron chi connectivity index (χ0n) is 10.1. The molecule has 0 heterocycles. The third kappa shape index (κ3) is 2.12.